The second kappa shape index (κ2) is 9.42. The Balaban J connectivity index is 1.62. The number of rotatable bonds is 7. The molecule has 3 aromatic rings. The lowest BCUT2D eigenvalue weighted by Gasteiger charge is -2.09. The molecule has 29 heavy (non-hydrogen) atoms. The average molecular weight is 416 g/mol. The van der Waals surface area contributed by atoms with Gasteiger partial charge in [0, 0.05) is 46.2 Å². The van der Waals surface area contributed by atoms with Crippen molar-refractivity contribution >= 4 is 23.4 Å². The number of benzene rings is 1. The zero-order valence-corrected chi connectivity index (χ0v) is 16.3. The minimum atomic E-state index is -2.49. The van der Waals surface area contributed by atoms with Crippen LogP contribution in [0.2, 0.25) is 0 Å². The van der Waals surface area contributed by atoms with Gasteiger partial charge in [-0.15, -0.1) is 0 Å². The number of pyridine rings is 1. The van der Waals surface area contributed by atoms with Gasteiger partial charge >= 0.3 is 0 Å². The summed E-state index contributed by atoms with van der Waals surface area (Å²) < 4.78 is 24.7. The molecule has 6 nitrogen and oxygen atoms in total. The second-order valence-corrected chi connectivity index (χ2v) is 7.23. The molecule has 0 fully saturated rings. The third-order valence-corrected chi connectivity index (χ3v) is 4.86. The number of carbonyl (C=O) groups excluding carboxylic acids is 1. The fourth-order valence-corrected chi connectivity index (χ4v) is 3.23. The molecule has 0 saturated heterocycles. The average Bonchev–Trinajstić information content (AvgIpc) is 2.69. The van der Waals surface area contributed by atoms with E-state index in [0.29, 0.717) is 39.4 Å². The molecule has 3 rings (SSSR count). The van der Waals surface area contributed by atoms with Crippen LogP contribution in [0.25, 0.3) is 11.4 Å². The molecule has 0 aliphatic carbocycles. The van der Waals surface area contributed by atoms with E-state index in [0.717, 1.165) is 5.56 Å². The molecule has 0 aliphatic rings. The Hall–Kier alpha value is -3.07. The molecule has 0 aliphatic heterocycles. The van der Waals surface area contributed by atoms with E-state index in [1.54, 1.807) is 43.6 Å². The Morgan fingerprint density at radius 3 is 2.48 bits per heavy atom. The molecule has 0 radical (unpaired) electrons. The molecule has 0 bridgehead atoms. The van der Waals surface area contributed by atoms with Crippen molar-refractivity contribution in [1.29, 1.82) is 0 Å². The van der Waals surface area contributed by atoms with Crippen LogP contribution in [0.4, 0.5) is 14.5 Å². The first-order chi connectivity index (χ1) is 13.9. The first-order valence-corrected chi connectivity index (χ1v) is 9.65. The van der Waals surface area contributed by atoms with Crippen molar-refractivity contribution in [3.63, 3.8) is 0 Å². The molecular formula is C20H18F2N4O2S. The zero-order valence-electron chi connectivity index (χ0n) is 15.5. The molecule has 1 amide bonds. The van der Waals surface area contributed by atoms with Gasteiger partial charge in [-0.2, -0.15) is 8.78 Å². The first kappa shape index (κ1) is 20.7. The van der Waals surface area contributed by atoms with Gasteiger partial charge in [-0.25, -0.2) is 4.98 Å². The Morgan fingerprint density at radius 1 is 1.17 bits per heavy atom. The summed E-state index contributed by atoms with van der Waals surface area (Å²) in [6.45, 7) is 1.73. The predicted octanol–water partition coefficient (Wildman–Crippen LogP) is 4.03. The summed E-state index contributed by atoms with van der Waals surface area (Å²) in [7, 11) is 0. The molecule has 1 aromatic carbocycles. The van der Waals surface area contributed by atoms with Crippen LogP contribution >= 0.6 is 11.8 Å². The molecule has 0 unspecified atom stereocenters. The minimum Gasteiger partial charge on any atom is -0.326 e. The van der Waals surface area contributed by atoms with Crippen LogP contribution in [0.5, 0.6) is 0 Å². The summed E-state index contributed by atoms with van der Waals surface area (Å²) in [5, 5.41) is 2.69. The summed E-state index contributed by atoms with van der Waals surface area (Å²) in [6.07, 6.45) is 3.55. The number of halogens is 2. The van der Waals surface area contributed by atoms with Gasteiger partial charge in [-0.05, 0) is 49.7 Å². The zero-order chi connectivity index (χ0) is 20.8. The van der Waals surface area contributed by atoms with E-state index in [9.17, 15) is 18.4 Å². The number of H-pyrrole nitrogens is 1. The van der Waals surface area contributed by atoms with Crippen molar-refractivity contribution in [2.45, 2.75) is 30.4 Å². The van der Waals surface area contributed by atoms with Gasteiger partial charge < -0.3 is 10.3 Å². The lowest BCUT2D eigenvalue weighted by atomic mass is 10.1. The molecule has 0 spiro atoms. The van der Waals surface area contributed by atoms with Gasteiger partial charge in [-0.3, -0.25) is 14.6 Å². The largest absolute Gasteiger partial charge is 0.326 e. The van der Waals surface area contributed by atoms with Crippen molar-refractivity contribution in [2.75, 3.05) is 5.32 Å². The number of hydrogen-bond acceptors (Lipinski definition) is 5. The molecular weight excluding hydrogens is 398 g/mol. The molecule has 2 aromatic heterocycles. The van der Waals surface area contributed by atoms with E-state index in [2.05, 4.69) is 20.3 Å². The molecule has 0 atom stereocenters. The normalized spacial score (nSPS) is 10.9. The van der Waals surface area contributed by atoms with Crippen molar-refractivity contribution in [3.05, 3.63) is 70.4 Å². The number of thioether (sulfide) groups is 1. The van der Waals surface area contributed by atoms with Crippen LogP contribution in [-0.4, -0.2) is 26.6 Å². The fourth-order valence-electron chi connectivity index (χ4n) is 2.73. The van der Waals surface area contributed by atoms with Crippen LogP contribution < -0.4 is 10.9 Å². The molecule has 0 saturated carbocycles. The quantitative estimate of drug-likeness (QED) is 0.568. The minimum absolute atomic E-state index is 0.0910. The number of amides is 1. The highest BCUT2D eigenvalue weighted by atomic mass is 32.2. The topological polar surface area (TPSA) is 87.7 Å². The van der Waals surface area contributed by atoms with Gasteiger partial charge in [0.2, 0.25) is 5.91 Å². The van der Waals surface area contributed by atoms with Gasteiger partial charge in [0.1, 0.15) is 5.82 Å². The SMILES string of the molecule is Cc1nc(-c2ccncc2)[nH]c(=O)c1CCC(=O)Nc1ccc(SC(F)F)cc1. The van der Waals surface area contributed by atoms with Gasteiger partial charge in [0.25, 0.3) is 11.3 Å². The number of aromatic nitrogens is 3. The number of carbonyl (C=O) groups is 1. The summed E-state index contributed by atoms with van der Waals surface area (Å²) >= 11 is 0.442. The number of alkyl halides is 2. The van der Waals surface area contributed by atoms with E-state index >= 15 is 0 Å². The number of aromatic amines is 1. The molecule has 9 heteroatoms. The Bertz CT molecular complexity index is 1040. The standard InChI is InChI=1S/C20H18F2N4O2S/c1-12-16(19(28)26-18(24-12)13-8-10-23-11-9-13)6-7-17(27)25-14-2-4-15(5-3-14)29-20(21)22/h2-5,8-11,20H,6-7H2,1H3,(H,25,27)(H,24,26,28). The van der Waals surface area contributed by atoms with Crippen molar-refractivity contribution in [3.8, 4) is 11.4 Å². The highest BCUT2D eigenvalue weighted by Crippen LogP contribution is 2.26. The molecule has 2 heterocycles. The van der Waals surface area contributed by atoms with Crippen LogP contribution in [0, 0.1) is 6.92 Å². The lowest BCUT2D eigenvalue weighted by Crippen LogP contribution is -2.20. The second-order valence-electron chi connectivity index (χ2n) is 6.17. The Labute approximate surface area is 169 Å². The maximum absolute atomic E-state index is 12.4. The maximum atomic E-state index is 12.4. The van der Waals surface area contributed by atoms with Gasteiger partial charge in [-0.1, -0.05) is 11.8 Å². The van der Waals surface area contributed by atoms with Crippen LogP contribution in [0.1, 0.15) is 17.7 Å². The van der Waals surface area contributed by atoms with E-state index < -0.39 is 5.76 Å². The van der Waals surface area contributed by atoms with Crippen LogP contribution in [0.3, 0.4) is 0 Å². The third-order valence-electron chi connectivity index (χ3n) is 4.14. The molecule has 2 N–H and O–H groups in total. The van der Waals surface area contributed by atoms with Gasteiger partial charge in [0.15, 0.2) is 0 Å². The summed E-state index contributed by atoms with van der Waals surface area (Å²) in [6, 6.07) is 9.65. The van der Waals surface area contributed by atoms with Crippen molar-refractivity contribution in [2.24, 2.45) is 0 Å². The number of aryl methyl sites for hydroxylation is 1. The highest BCUT2D eigenvalue weighted by molar-refractivity contribution is 7.99. The summed E-state index contributed by atoms with van der Waals surface area (Å²) in [4.78, 5) is 36.1. The van der Waals surface area contributed by atoms with Gasteiger partial charge in [0.05, 0.1) is 0 Å². The maximum Gasteiger partial charge on any atom is 0.288 e. The first-order valence-electron chi connectivity index (χ1n) is 8.77. The predicted molar refractivity (Wildman–Crippen MR) is 108 cm³/mol. The van der Waals surface area contributed by atoms with Crippen LogP contribution in [0.15, 0.2) is 58.5 Å². The highest BCUT2D eigenvalue weighted by Gasteiger charge is 2.12. The Morgan fingerprint density at radius 2 is 1.86 bits per heavy atom. The van der Waals surface area contributed by atoms with E-state index in [-0.39, 0.29) is 24.3 Å². The van der Waals surface area contributed by atoms with Crippen LogP contribution in [-0.2, 0) is 11.2 Å². The summed E-state index contributed by atoms with van der Waals surface area (Å²) in [5.74, 6) is -2.32. The number of nitrogens with zero attached hydrogens (tertiary/aromatic N) is 2. The van der Waals surface area contributed by atoms with E-state index in [1.165, 1.54) is 12.1 Å². The van der Waals surface area contributed by atoms with E-state index in [1.807, 2.05) is 0 Å². The smallest absolute Gasteiger partial charge is 0.288 e. The number of hydrogen-bond donors (Lipinski definition) is 2. The third kappa shape index (κ3) is 5.71. The Kier molecular flexibility index (Phi) is 6.71. The van der Waals surface area contributed by atoms with Crippen molar-refractivity contribution in [1.82, 2.24) is 15.0 Å². The lowest BCUT2D eigenvalue weighted by molar-refractivity contribution is -0.116. The number of nitrogens with one attached hydrogen (secondary N) is 2. The molecule has 150 valence electrons. The monoisotopic (exact) mass is 416 g/mol. The van der Waals surface area contributed by atoms with E-state index in [4.69, 9.17) is 0 Å². The fraction of sp³-hybridized carbons (Fsp3) is 0.200. The summed E-state index contributed by atoms with van der Waals surface area (Å²) in [5.41, 5.74) is 1.97. The van der Waals surface area contributed by atoms with Crippen molar-refractivity contribution < 1.29 is 13.6 Å². The number of anilines is 1.